The van der Waals surface area contributed by atoms with E-state index in [2.05, 4.69) is 4.98 Å². The molecule has 4 nitrogen and oxygen atoms in total. The van der Waals surface area contributed by atoms with Gasteiger partial charge in [-0.1, -0.05) is 0 Å². The summed E-state index contributed by atoms with van der Waals surface area (Å²) in [6.45, 7) is 3.23. The summed E-state index contributed by atoms with van der Waals surface area (Å²) in [7, 11) is 3.94. The molecule has 1 aromatic heterocycles. The maximum Gasteiger partial charge on any atom is 0.122 e. The third kappa shape index (κ3) is 3.16. The summed E-state index contributed by atoms with van der Waals surface area (Å²) < 4.78 is 1.98. The molecule has 0 saturated carbocycles. The van der Waals surface area contributed by atoms with Crippen LogP contribution in [0.4, 0.5) is 0 Å². The third-order valence-electron chi connectivity index (χ3n) is 1.91. The van der Waals surface area contributed by atoms with Crippen molar-refractivity contribution >= 4 is 0 Å². The van der Waals surface area contributed by atoms with Crippen LogP contribution in [0.1, 0.15) is 12.7 Å². The van der Waals surface area contributed by atoms with E-state index in [9.17, 15) is 0 Å². The number of aliphatic hydroxyl groups is 1. The van der Waals surface area contributed by atoms with Crippen LogP contribution in [0.25, 0.3) is 0 Å². The smallest absolute Gasteiger partial charge is 0.122 e. The van der Waals surface area contributed by atoms with Crippen LogP contribution in [0.3, 0.4) is 0 Å². The first-order valence-corrected chi connectivity index (χ1v) is 4.42. The highest BCUT2D eigenvalue weighted by molar-refractivity contribution is 4.90. The fourth-order valence-electron chi connectivity index (χ4n) is 1.31. The van der Waals surface area contributed by atoms with Crippen LogP contribution in [0.15, 0.2) is 12.4 Å². The van der Waals surface area contributed by atoms with Crippen LogP contribution in [0, 0.1) is 0 Å². The minimum absolute atomic E-state index is 0.287. The largest absolute Gasteiger partial charge is 0.392 e. The fraction of sp³-hybridized carbons (Fsp3) is 0.667. The molecule has 1 rings (SSSR count). The van der Waals surface area contributed by atoms with Gasteiger partial charge >= 0.3 is 0 Å². The first kappa shape index (κ1) is 10.2. The van der Waals surface area contributed by atoms with E-state index in [4.69, 9.17) is 5.11 Å². The second-order valence-corrected chi connectivity index (χ2v) is 3.50. The van der Waals surface area contributed by atoms with Gasteiger partial charge in [-0.2, -0.15) is 0 Å². The predicted octanol–water partition coefficient (Wildman–Crippen LogP) is 0.233. The van der Waals surface area contributed by atoms with Gasteiger partial charge in [0.15, 0.2) is 0 Å². The zero-order valence-corrected chi connectivity index (χ0v) is 8.44. The first-order chi connectivity index (χ1) is 6.09. The minimum atomic E-state index is -0.287. The molecule has 1 heterocycles. The molecular formula is C9H17N3O. The van der Waals surface area contributed by atoms with Crippen molar-refractivity contribution in [3.63, 3.8) is 0 Å². The van der Waals surface area contributed by atoms with Crippen molar-refractivity contribution < 1.29 is 5.11 Å². The molecule has 0 unspecified atom stereocenters. The molecule has 1 N–H and O–H groups in total. The molecule has 0 bridgehead atoms. The highest BCUT2D eigenvalue weighted by atomic mass is 16.3. The minimum Gasteiger partial charge on any atom is -0.392 e. The van der Waals surface area contributed by atoms with Gasteiger partial charge in [0.1, 0.15) is 5.82 Å². The Hall–Kier alpha value is -0.870. The van der Waals surface area contributed by atoms with Crippen LogP contribution in [-0.2, 0) is 13.6 Å². The molecular weight excluding hydrogens is 166 g/mol. The Morgan fingerprint density at radius 3 is 2.85 bits per heavy atom. The number of likely N-dealkylation sites (N-methyl/N-ethyl adjacent to an activating group) is 1. The van der Waals surface area contributed by atoms with Gasteiger partial charge in [0.05, 0.1) is 12.6 Å². The summed E-state index contributed by atoms with van der Waals surface area (Å²) in [5.74, 6) is 1.02. The number of nitrogens with zero attached hydrogens (tertiary/aromatic N) is 3. The Morgan fingerprint density at radius 2 is 2.38 bits per heavy atom. The Labute approximate surface area is 78.8 Å². The zero-order valence-electron chi connectivity index (χ0n) is 8.44. The monoisotopic (exact) mass is 183 g/mol. The average molecular weight is 183 g/mol. The van der Waals surface area contributed by atoms with Gasteiger partial charge < -0.3 is 9.67 Å². The summed E-state index contributed by atoms with van der Waals surface area (Å²) in [6, 6.07) is 0. The van der Waals surface area contributed by atoms with Crippen molar-refractivity contribution in [3.05, 3.63) is 18.2 Å². The first-order valence-electron chi connectivity index (χ1n) is 4.42. The van der Waals surface area contributed by atoms with E-state index in [1.54, 1.807) is 13.1 Å². The topological polar surface area (TPSA) is 41.3 Å². The van der Waals surface area contributed by atoms with E-state index in [1.807, 2.05) is 29.8 Å². The molecule has 74 valence electrons. The van der Waals surface area contributed by atoms with E-state index in [-0.39, 0.29) is 6.10 Å². The number of hydrogen-bond acceptors (Lipinski definition) is 3. The molecule has 0 aliphatic rings. The van der Waals surface area contributed by atoms with Crippen LogP contribution < -0.4 is 0 Å². The lowest BCUT2D eigenvalue weighted by atomic mass is 10.3. The molecule has 13 heavy (non-hydrogen) atoms. The second-order valence-electron chi connectivity index (χ2n) is 3.50. The SMILES string of the molecule is C[C@H](O)CN(C)Cc1nccn1C. The van der Waals surface area contributed by atoms with Gasteiger partial charge in [-0.05, 0) is 14.0 Å². The van der Waals surface area contributed by atoms with E-state index < -0.39 is 0 Å². The number of rotatable bonds is 4. The quantitative estimate of drug-likeness (QED) is 0.726. The number of aryl methyl sites for hydroxylation is 1. The van der Waals surface area contributed by atoms with E-state index >= 15 is 0 Å². The van der Waals surface area contributed by atoms with Crippen LogP contribution in [-0.4, -0.2) is 39.3 Å². The molecule has 0 fully saturated rings. The lowest BCUT2D eigenvalue weighted by Gasteiger charge is -2.17. The Bertz CT molecular complexity index is 257. The molecule has 0 radical (unpaired) electrons. The lowest BCUT2D eigenvalue weighted by Crippen LogP contribution is -2.27. The molecule has 0 spiro atoms. The zero-order chi connectivity index (χ0) is 9.84. The van der Waals surface area contributed by atoms with E-state index in [1.165, 1.54) is 0 Å². The van der Waals surface area contributed by atoms with Gasteiger partial charge in [0, 0.05) is 26.0 Å². The Balaban J connectivity index is 2.45. The van der Waals surface area contributed by atoms with Crippen LogP contribution in [0.2, 0.25) is 0 Å². The van der Waals surface area contributed by atoms with Crippen LogP contribution >= 0.6 is 0 Å². The molecule has 0 amide bonds. The Kier molecular flexibility index (Phi) is 3.45. The predicted molar refractivity (Wildman–Crippen MR) is 51.2 cm³/mol. The normalized spacial score (nSPS) is 13.6. The molecule has 1 aromatic rings. The maximum absolute atomic E-state index is 9.15. The number of hydrogen-bond donors (Lipinski definition) is 1. The molecule has 0 aliphatic carbocycles. The van der Waals surface area contributed by atoms with Crippen molar-refractivity contribution in [1.82, 2.24) is 14.5 Å². The fourth-order valence-corrected chi connectivity index (χ4v) is 1.31. The van der Waals surface area contributed by atoms with Crippen molar-refractivity contribution in [3.8, 4) is 0 Å². The standard InChI is InChI=1S/C9H17N3O/c1-8(13)6-11(2)7-9-10-4-5-12(9)3/h4-5,8,13H,6-7H2,1-3H3/t8-/m0/s1. The molecule has 0 aliphatic heterocycles. The molecule has 4 heteroatoms. The third-order valence-corrected chi connectivity index (χ3v) is 1.91. The van der Waals surface area contributed by atoms with Gasteiger partial charge in [0.2, 0.25) is 0 Å². The second kappa shape index (κ2) is 4.39. The van der Waals surface area contributed by atoms with Crippen LogP contribution in [0.5, 0.6) is 0 Å². The van der Waals surface area contributed by atoms with Gasteiger partial charge in [0.25, 0.3) is 0 Å². The van der Waals surface area contributed by atoms with Crippen molar-refractivity contribution in [1.29, 1.82) is 0 Å². The number of imidazole rings is 1. The maximum atomic E-state index is 9.15. The summed E-state index contributed by atoms with van der Waals surface area (Å²) in [5, 5.41) is 9.15. The number of aliphatic hydroxyl groups excluding tert-OH is 1. The van der Waals surface area contributed by atoms with Gasteiger partial charge in [-0.25, -0.2) is 4.98 Å². The average Bonchev–Trinajstić information content (AvgIpc) is 2.34. The van der Waals surface area contributed by atoms with E-state index in [0.717, 1.165) is 12.4 Å². The lowest BCUT2D eigenvalue weighted by molar-refractivity contribution is 0.136. The summed E-state index contributed by atoms with van der Waals surface area (Å²) in [4.78, 5) is 6.25. The summed E-state index contributed by atoms with van der Waals surface area (Å²) in [5.41, 5.74) is 0. The number of aromatic nitrogens is 2. The highest BCUT2D eigenvalue weighted by Gasteiger charge is 2.06. The molecule has 0 aromatic carbocycles. The van der Waals surface area contributed by atoms with Gasteiger partial charge in [-0.3, -0.25) is 4.90 Å². The van der Waals surface area contributed by atoms with Crippen molar-refractivity contribution in [2.75, 3.05) is 13.6 Å². The van der Waals surface area contributed by atoms with E-state index in [0.29, 0.717) is 6.54 Å². The Morgan fingerprint density at radius 1 is 1.69 bits per heavy atom. The molecule has 0 saturated heterocycles. The molecule has 1 atom stereocenters. The van der Waals surface area contributed by atoms with Crippen molar-refractivity contribution in [2.24, 2.45) is 7.05 Å². The van der Waals surface area contributed by atoms with Gasteiger partial charge in [-0.15, -0.1) is 0 Å². The summed E-state index contributed by atoms with van der Waals surface area (Å²) in [6.07, 6.45) is 3.42. The van der Waals surface area contributed by atoms with Crippen molar-refractivity contribution in [2.45, 2.75) is 19.6 Å². The highest BCUT2D eigenvalue weighted by Crippen LogP contribution is 1.99. The summed E-state index contributed by atoms with van der Waals surface area (Å²) >= 11 is 0.